The summed E-state index contributed by atoms with van der Waals surface area (Å²) in [5.41, 5.74) is 1.94. The lowest BCUT2D eigenvalue weighted by Crippen LogP contribution is -2.39. The first kappa shape index (κ1) is 17.6. The molecule has 0 spiro atoms. The van der Waals surface area contributed by atoms with Gasteiger partial charge in [-0.15, -0.1) is 0 Å². The van der Waals surface area contributed by atoms with E-state index in [1.807, 2.05) is 50.2 Å². The number of halogens is 1. The number of rotatable bonds is 6. The molecule has 1 saturated carbocycles. The highest BCUT2D eigenvalue weighted by molar-refractivity contribution is 9.10. The van der Waals surface area contributed by atoms with Gasteiger partial charge in [-0.1, -0.05) is 46.3 Å². The zero-order valence-corrected chi connectivity index (χ0v) is 16.3. The van der Waals surface area contributed by atoms with Crippen molar-refractivity contribution in [1.82, 2.24) is 4.31 Å². The molecule has 0 aromatic heterocycles. The first-order valence-corrected chi connectivity index (χ1v) is 10.4. The molecule has 0 amide bonds. The van der Waals surface area contributed by atoms with Gasteiger partial charge in [0.15, 0.2) is 0 Å². The van der Waals surface area contributed by atoms with Crippen molar-refractivity contribution >= 4 is 26.0 Å². The zero-order valence-electron chi connectivity index (χ0n) is 13.9. The Balaban J connectivity index is 1.98. The molecule has 0 heterocycles. The highest BCUT2D eigenvalue weighted by Gasteiger charge is 2.38. The first-order valence-electron chi connectivity index (χ1n) is 8.21. The molecule has 0 aliphatic heterocycles. The normalized spacial score (nSPS) is 16.3. The maximum absolute atomic E-state index is 13.3. The SMILES string of the molecule is Cc1cc(S(=O)(=O)N(Cc2ccccc2)[C@@H](C)C2CC2)ccc1Br. The van der Waals surface area contributed by atoms with Crippen LogP contribution in [0, 0.1) is 12.8 Å². The first-order chi connectivity index (χ1) is 11.4. The van der Waals surface area contributed by atoms with Crippen molar-refractivity contribution in [3.05, 3.63) is 64.1 Å². The molecule has 128 valence electrons. The third-order valence-electron chi connectivity index (χ3n) is 4.68. The number of hydrogen-bond donors (Lipinski definition) is 0. The van der Waals surface area contributed by atoms with E-state index in [0.29, 0.717) is 17.4 Å². The lowest BCUT2D eigenvalue weighted by molar-refractivity contribution is 0.303. The van der Waals surface area contributed by atoms with Gasteiger partial charge in [-0.25, -0.2) is 8.42 Å². The molecule has 1 atom stereocenters. The average molecular weight is 408 g/mol. The Hall–Kier alpha value is -1.17. The maximum Gasteiger partial charge on any atom is 0.243 e. The Bertz CT molecular complexity index is 817. The molecular weight excluding hydrogens is 386 g/mol. The van der Waals surface area contributed by atoms with Gasteiger partial charge < -0.3 is 0 Å². The van der Waals surface area contributed by atoms with Crippen molar-refractivity contribution in [2.75, 3.05) is 0 Å². The topological polar surface area (TPSA) is 37.4 Å². The lowest BCUT2D eigenvalue weighted by Gasteiger charge is -2.29. The lowest BCUT2D eigenvalue weighted by atomic mass is 10.2. The van der Waals surface area contributed by atoms with Gasteiger partial charge in [0, 0.05) is 17.1 Å². The molecule has 0 bridgehead atoms. The van der Waals surface area contributed by atoms with Crippen LogP contribution in [0.25, 0.3) is 0 Å². The number of sulfonamides is 1. The van der Waals surface area contributed by atoms with Gasteiger partial charge in [-0.3, -0.25) is 0 Å². The van der Waals surface area contributed by atoms with Crippen LogP contribution in [0.1, 0.15) is 30.9 Å². The molecule has 5 heteroatoms. The number of benzene rings is 2. The van der Waals surface area contributed by atoms with E-state index in [2.05, 4.69) is 15.9 Å². The molecule has 3 rings (SSSR count). The van der Waals surface area contributed by atoms with Crippen LogP contribution in [0.2, 0.25) is 0 Å². The van der Waals surface area contributed by atoms with E-state index >= 15 is 0 Å². The van der Waals surface area contributed by atoms with Crippen LogP contribution in [0.15, 0.2) is 57.9 Å². The standard InChI is InChI=1S/C19H22BrNO2S/c1-14-12-18(10-11-19(14)20)24(22,23)21(15(2)17-8-9-17)13-16-6-4-3-5-7-16/h3-7,10-12,15,17H,8-9,13H2,1-2H3/t15-/m0/s1. The monoisotopic (exact) mass is 407 g/mol. The van der Waals surface area contributed by atoms with Crippen molar-refractivity contribution in [2.45, 2.75) is 44.2 Å². The smallest absolute Gasteiger partial charge is 0.207 e. The van der Waals surface area contributed by atoms with Gasteiger partial charge >= 0.3 is 0 Å². The second kappa shape index (κ2) is 6.98. The van der Waals surface area contributed by atoms with E-state index in [0.717, 1.165) is 28.4 Å². The van der Waals surface area contributed by atoms with Gasteiger partial charge in [0.2, 0.25) is 10.0 Å². The molecule has 0 radical (unpaired) electrons. The predicted octanol–water partition coefficient (Wildman–Crippen LogP) is 4.75. The third kappa shape index (κ3) is 3.73. The van der Waals surface area contributed by atoms with Crippen LogP contribution in [0.5, 0.6) is 0 Å². The van der Waals surface area contributed by atoms with Crippen molar-refractivity contribution in [2.24, 2.45) is 5.92 Å². The summed E-state index contributed by atoms with van der Waals surface area (Å²) in [7, 11) is -3.53. The average Bonchev–Trinajstić information content (AvgIpc) is 3.40. The minimum Gasteiger partial charge on any atom is -0.207 e. The Labute approximate surface area is 152 Å². The fraction of sp³-hybridized carbons (Fsp3) is 0.368. The fourth-order valence-electron chi connectivity index (χ4n) is 2.94. The molecule has 2 aromatic carbocycles. The Kier molecular flexibility index (Phi) is 5.13. The molecule has 3 nitrogen and oxygen atoms in total. The minimum absolute atomic E-state index is 0.0131. The second-order valence-electron chi connectivity index (χ2n) is 6.52. The van der Waals surface area contributed by atoms with Crippen molar-refractivity contribution in [3.63, 3.8) is 0 Å². The van der Waals surface area contributed by atoms with E-state index in [1.165, 1.54) is 0 Å². The fourth-order valence-corrected chi connectivity index (χ4v) is 4.95. The molecular formula is C19H22BrNO2S. The molecule has 0 N–H and O–H groups in total. The second-order valence-corrected chi connectivity index (χ2v) is 9.27. The van der Waals surface area contributed by atoms with Crippen LogP contribution < -0.4 is 0 Å². The quantitative estimate of drug-likeness (QED) is 0.692. The van der Waals surface area contributed by atoms with Gasteiger partial charge in [-0.05, 0) is 61.9 Å². The molecule has 0 unspecified atom stereocenters. The van der Waals surface area contributed by atoms with Gasteiger partial charge in [0.25, 0.3) is 0 Å². The molecule has 2 aromatic rings. The van der Waals surface area contributed by atoms with Crippen molar-refractivity contribution in [1.29, 1.82) is 0 Å². The summed E-state index contributed by atoms with van der Waals surface area (Å²) in [6, 6.07) is 15.1. The molecule has 1 fully saturated rings. The molecule has 1 aliphatic carbocycles. The summed E-state index contributed by atoms with van der Waals surface area (Å²) < 4.78 is 29.2. The van der Waals surface area contributed by atoms with Gasteiger partial charge in [0.1, 0.15) is 0 Å². The van der Waals surface area contributed by atoms with Crippen molar-refractivity contribution in [3.8, 4) is 0 Å². The predicted molar refractivity (Wildman–Crippen MR) is 100 cm³/mol. The van der Waals surface area contributed by atoms with E-state index in [9.17, 15) is 8.42 Å². The van der Waals surface area contributed by atoms with Crippen molar-refractivity contribution < 1.29 is 8.42 Å². The number of nitrogens with zero attached hydrogens (tertiary/aromatic N) is 1. The Morgan fingerprint density at radius 3 is 2.42 bits per heavy atom. The number of hydrogen-bond acceptors (Lipinski definition) is 2. The van der Waals surface area contributed by atoms with Crippen LogP contribution in [-0.2, 0) is 16.6 Å². The van der Waals surface area contributed by atoms with Gasteiger partial charge in [-0.2, -0.15) is 4.31 Å². The van der Waals surface area contributed by atoms with Crippen LogP contribution in [-0.4, -0.2) is 18.8 Å². The molecule has 0 saturated heterocycles. The third-order valence-corrected chi connectivity index (χ3v) is 7.49. The van der Waals surface area contributed by atoms with E-state index < -0.39 is 10.0 Å². The number of aryl methyl sites for hydroxylation is 1. The molecule has 24 heavy (non-hydrogen) atoms. The van der Waals surface area contributed by atoms with E-state index in [-0.39, 0.29) is 6.04 Å². The minimum atomic E-state index is -3.53. The van der Waals surface area contributed by atoms with Gasteiger partial charge in [0.05, 0.1) is 4.90 Å². The maximum atomic E-state index is 13.3. The summed E-state index contributed by atoms with van der Waals surface area (Å²) in [6.07, 6.45) is 2.22. The zero-order chi connectivity index (χ0) is 17.3. The highest BCUT2D eigenvalue weighted by atomic mass is 79.9. The Morgan fingerprint density at radius 2 is 1.83 bits per heavy atom. The largest absolute Gasteiger partial charge is 0.243 e. The molecule has 1 aliphatic rings. The summed E-state index contributed by atoms with van der Waals surface area (Å²) in [6.45, 7) is 4.36. The summed E-state index contributed by atoms with van der Waals surface area (Å²) in [4.78, 5) is 0.367. The summed E-state index contributed by atoms with van der Waals surface area (Å²) >= 11 is 3.44. The summed E-state index contributed by atoms with van der Waals surface area (Å²) in [5.74, 6) is 0.472. The van der Waals surface area contributed by atoms with Crippen LogP contribution >= 0.6 is 15.9 Å². The van der Waals surface area contributed by atoms with E-state index in [1.54, 1.807) is 16.4 Å². The van der Waals surface area contributed by atoms with Crippen LogP contribution in [0.4, 0.5) is 0 Å². The Morgan fingerprint density at radius 1 is 1.17 bits per heavy atom. The summed E-state index contributed by atoms with van der Waals surface area (Å²) in [5, 5.41) is 0. The van der Waals surface area contributed by atoms with Crippen LogP contribution in [0.3, 0.4) is 0 Å². The van der Waals surface area contributed by atoms with E-state index in [4.69, 9.17) is 0 Å². The highest BCUT2D eigenvalue weighted by Crippen LogP contribution is 2.38.